The van der Waals surface area contributed by atoms with Gasteiger partial charge in [-0.1, -0.05) is 6.92 Å². The van der Waals surface area contributed by atoms with E-state index in [1.807, 2.05) is 0 Å². The van der Waals surface area contributed by atoms with E-state index in [1.54, 1.807) is 0 Å². The van der Waals surface area contributed by atoms with E-state index < -0.39 is 5.60 Å². The smallest absolute Gasteiger partial charge is 0.0622 e. The molecule has 0 aliphatic heterocycles. The summed E-state index contributed by atoms with van der Waals surface area (Å²) < 4.78 is 0. The molecule has 0 spiro atoms. The molecule has 2 heteroatoms. The van der Waals surface area contributed by atoms with Crippen LogP contribution in [0.15, 0.2) is 0 Å². The van der Waals surface area contributed by atoms with Crippen molar-refractivity contribution in [1.82, 2.24) is 0 Å². The van der Waals surface area contributed by atoms with Gasteiger partial charge in [-0.05, 0) is 124 Å². The Morgan fingerprint density at radius 2 is 1.60 bits per heavy atom. The van der Waals surface area contributed by atoms with E-state index in [9.17, 15) is 10.2 Å². The summed E-state index contributed by atoms with van der Waals surface area (Å²) in [6.07, 6.45) is 11.4. The van der Waals surface area contributed by atoms with Crippen molar-refractivity contribution >= 4 is 0 Å². The predicted molar refractivity (Wildman–Crippen MR) is 99.9 cm³/mol. The van der Waals surface area contributed by atoms with Gasteiger partial charge in [-0.2, -0.15) is 0 Å². The van der Waals surface area contributed by atoms with Gasteiger partial charge in [0, 0.05) is 0 Å². The van der Waals surface area contributed by atoms with Gasteiger partial charge in [-0.3, -0.25) is 0 Å². The van der Waals surface area contributed by atoms with Crippen molar-refractivity contribution < 1.29 is 10.2 Å². The molecule has 0 bridgehead atoms. The van der Waals surface area contributed by atoms with E-state index in [-0.39, 0.29) is 6.10 Å². The standard InChI is InChI=1S/C23H38O2/c1-13(24)20-11-15-10-19(15)21-18-5-4-14-12-22(2,25)8-6-16(14)17(18)7-9-23(20,21)3/h13-21,24-25H,4-12H2,1-3H3/t13?,14-,15-,16+,17-,18-,19-,20-,21-,22-,23-/m1/s1. The Kier molecular flexibility index (Phi) is 3.73. The molecule has 5 saturated carbocycles. The number of hydrogen-bond acceptors (Lipinski definition) is 2. The van der Waals surface area contributed by atoms with Gasteiger partial charge in [0.05, 0.1) is 11.7 Å². The highest BCUT2D eigenvalue weighted by atomic mass is 16.3. The van der Waals surface area contributed by atoms with Crippen LogP contribution >= 0.6 is 0 Å². The van der Waals surface area contributed by atoms with Gasteiger partial charge >= 0.3 is 0 Å². The first-order chi connectivity index (χ1) is 11.8. The summed E-state index contributed by atoms with van der Waals surface area (Å²) >= 11 is 0. The van der Waals surface area contributed by atoms with Crippen molar-refractivity contribution in [2.75, 3.05) is 0 Å². The van der Waals surface area contributed by atoms with E-state index in [0.29, 0.717) is 11.3 Å². The number of aliphatic hydroxyl groups is 2. The Balaban J connectivity index is 1.43. The number of fused-ring (bicyclic) bond motifs is 7. The molecule has 5 fully saturated rings. The Labute approximate surface area is 153 Å². The zero-order valence-corrected chi connectivity index (χ0v) is 16.5. The van der Waals surface area contributed by atoms with E-state index in [4.69, 9.17) is 0 Å². The van der Waals surface area contributed by atoms with Crippen molar-refractivity contribution in [1.29, 1.82) is 0 Å². The van der Waals surface area contributed by atoms with E-state index >= 15 is 0 Å². The normalized spacial score (nSPS) is 61.3. The molecule has 0 aromatic rings. The molecule has 0 heterocycles. The predicted octanol–water partition coefficient (Wildman–Crippen LogP) is 4.63. The zero-order valence-electron chi connectivity index (χ0n) is 16.5. The minimum Gasteiger partial charge on any atom is -0.393 e. The highest BCUT2D eigenvalue weighted by Crippen LogP contribution is 2.71. The molecule has 5 aliphatic rings. The van der Waals surface area contributed by atoms with Gasteiger partial charge < -0.3 is 10.2 Å². The molecule has 1 unspecified atom stereocenters. The van der Waals surface area contributed by atoms with Crippen LogP contribution in [0.25, 0.3) is 0 Å². The molecular weight excluding hydrogens is 308 g/mol. The molecule has 0 amide bonds. The highest BCUT2D eigenvalue weighted by molar-refractivity contribution is 5.13. The molecule has 0 aromatic carbocycles. The molecule has 5 aliphatic carbocycles. The lowest BCUT2D eigenvalue weighted by molar-refractivity contribution is -0.146. The Bertz CT molecular complexity index is 540. The molecule has 2 N–H and O–H groups in total. The third-order valence-electron chi connectivity index (χ3n) is 9.96. The second-order valence-electron chi connectivity index (χ2n) is 11.4. The van der Waals surface area contributed by atoms with Crippen LogP contribution in [0.3, 0.4) is 0 Å². The quantitative estimate of drug-likeness (QED) is 0.726. The third kappa shape index (κ3) is 2.49. The van der Waals surface area contributed by atoms with Crippen molar-refractivity contribution in [3.63, 3.8) is 0 Å². The second-order valence-corrected chi connectivity index (χ2v) is 11.4. The Morgan fingerprint density at radius 3 is 2.36 bits per heavy atom. The maximum absolute atomic E-state index is 10.6. The first kappa shape index (κ1) is 17.0. The van der Waals surface area contributed by atoms with Crippen LogP contribution < -0.4 is 0 Å². The van der Waals surface area contributed by atoms with Crippen LogP contribution in [0.5, 0.6) is 0 Å². The SMILES string of the molecule is CC(O)[C@H]1C[C@H]2C[C@H]2[C@H]2[C@@H]3CC[C@@H]4C[C@](C)(O)CC[C@@H]4[C@H]3CC[C@@]21C. The fourth-order valence-electron chi connectivity index (χ4n) is 8.92. The highest BCUT2D eigenvalue weighted by Gasteiger charge is 2.64. The van der Waals surface area contributed by atoms with E-state index in [2.05, 4.69) is 20.8 Å². The van der Waals surface area contributed by atoms with Crippen molar-refractivity contribution in [3.8, 4) is 0 Å². The summed E-state index contributed by atoms with van der Waals surface area (Å²) in [6.45, 7) is 6.68. The summed E-state index contributed by atoms with van der Waals surface area (Å²) in [7, 11) is 0. The van der Waals surface area contributed by atoms with Crippen molar-refractivity contribution in [3.05, 3.63) is 0 Å². The average Bonchev–Trinajstić information content (AvgIpc) is 3.30. The van der Waals surface area contributed by atoms with Gasteiger partial charge in [-0.15, -0.1) is 0 Å². The van der Waals surface area contributed by atoms with Gasteiger partial charge in [0.15, 0.2) is 0 Å². The molecular formula is C23H38O2. The monoisotopic (exact) mass is 346 g/mol. The lowest BCUT2D eigenvalue weighted by atomic mass is 9.44. The van der Waals surface area contributed by atoms with Crippen molar-refractivity contribution in [2.24, 2.45) is 52.8 Å². The van der Waals surface area contributed by atoms with Crippen LogP contribution in [-0.2, 0) is 0 Å². The zero-order chi connectivity index (χ0) is 17.6. The molecule has 0 aromatic heterocycles. The maximum Gasteiger partial charge on any atom is 0.0622 e. The number of aliphatic hydroxyl groups excluding tert-OH is 1. The summed E-state index contributed by atoms with van der Waals surface area (Å²) in [6, 6.07) is 0. The largest absolute Gasteiger partial charge is 0.393 e. The molecule has 0 radical (unpaired) electrons. The minimum absolute atomic E-state index is 0.133. The first-order valence-electron chi connectivity index (χ1n) is 11.2. The first-order valence-corrected chi connectivity index (χ1v) is 11.2. The van der Waals surface area contributed by atoms with Crippen LogP contribution in [-0.4, -0.2) is 21.9 Å². The molecule has 142 valence electrons. The summed E-state index contributed by atoms with van der Waals surface area (Å²) in [5.74, 6) is 6.83. The van der Waals surface area contributed by atoms with Gasteiger partial charge in [0.1, 0.15) is 0 Å². The van der Waals surface area contributed by atoms with E-state index in [0.717, 1.165) is 54.3 Å². The number of hydrogen-bond donors (Lipinski definition) is 2. The molecule has 0 saturated heterocycles. The number of rotatable bonds is 1. The van der Waals surface area contributed by atoms with Gasteiger partial charge in [0.2, 0.25) is 0 Å². The van der Waals surface area contributed by atoms with E-state index in [1.165, 1.54) is 44.9 Å². The molecule has 11 atom stereocenters. The van der Waals surface area contributed by atoms with Crippen LogP contribution in [0.4, 0.5) is 0 Å². The molecule has 2 nitrogen and oxygen atoms in total. The lowest BCUT2D eigenvalue weighted by Crippen LogP contribution is -2.56. The fraction of sp³-hybridized carbons (Fsp3) is 1.00. The second kappa shape index (κ2) is 5.47. The van der Waals surface area contributed by atoms with Gasteiger partial charge in [-0.25, -0.2) is 0 Å². The average molecular weight is 347 g/mol. The summed E-state index contributed by atoms with van der Waals surface area (Å²) in [4.78, 5) is 0. The topological polar surface area (TPSA) is 40.5 Å². The molecule has 25 heavy (non-hydrogen) atoms. The minimum atomic E-state index is -0.402. The Morgan fingerprint density at radius 1 is 0.840 bits per heavy atom. The Hall–Kier alpha value is -0.0800. The van der Waals surface area contributed by atoms with Crippen LogP contribution in [0.2, 0.25) is 0 Å². The summed E-state index contributed by atoms with van der Waals surface area (Å²) in [5, 5.41) is 21.1. The third-order valence-corrected chi connectivity index (χ3v) is 9.96. The fourth-order valence-corrected chi connectivity index (χ4v) is 8.92. The maximum atomic E-state index is 10.6. The van der Waals surface area contributed by atoms with Gasteiger partial charge in [0.25, 0.3) is 0 Å². The lowest BCUT2D eigenvalue weighted by Gasteiger charge is -2.61. The molecule has 5 rings (SSSR count). The summed E-state index contributed by atoms with van der Waals surface area (Å²) in [5.41, 5.74) is -0.0129. The van der Waals surface area contributed by atoms with Crippen LogP contribution in [0, 0.1) is 52.8 Å². The van der Waals surface area contributed by atoms with Crippen molar-refractivity contribution in [2.45, 2.75) is 90.3 Å². The van der Waals surface area contributed by atoms with Crippen LogP contribution in [0.1, 0.15) is 78.6 Å².